The topological polar surface area (TPSA) is 59.1 Å². The highest BCUT2D eigenvalue weighted by Gasteiger charge is 2.15. The summed E-state index contributed by atoms with van der Waals surface area (Å²) in [5.41, 5.74) is 0.553. The Kier molecular flexibility index (Phi) is 7.94. The number of hydrogen-bond acceptors (Lipinski definition) is 6. The van der Waals surface area contributed by atoms with E-state index in [4.69, 9.17) is 9.47 Å². The monoisotopic (exact) mass is 410 g/mol. The Morgan fingerprint density at radius 2 is 1.80 bits per heavy atom. The molecular weight excluding hydrogens is 388 g/mol. The zero-order chi connectivity index (χ0) is 18.1. The molecule has 2 rings (SSSR count). The number of hydrogen-bond donors (Lipinski definition) is 0. The van der Waals surface area contributed by atoms with Crippen LogP contribution >= 0.6 is 15.9 Å². The predicted octanol–water partition coefficient (Wildman–Crippen LogP) is 2.30. The summed E-state index contributed by atoms with van der Waals surface area (Å²) in [6.45, 7) is 6.63. The molecule has 1 aliphatic rings. The average molecular weight is 411 g/mol. The molecule has 0 radical (unpaired) electrons. The zero-order valence-corrected chi connectivity index (χ0v) is 15.9. The second-order valence-electron chi connectivity index (χ2n) is 5.59. The van der Waals surface area contributed by atoms with E-state index in [-0.39, 0.29) is 11.9 Å². The fourth-order valence-electron chi connectivity index (χ4n) is 2.43. The molecule has 0 saturated carbocycles. The van der Waals surface area contributed by atoms with Gasteiger partial charge in [-0.1, -0.05) is 15.9 Å². The van der Waals surface area contributed by atoms with E-state index < -0.39 is 0 Å². The van der Waals surface area contributed by atoms with Gasteiger partial charge in [0.1, 0.15) is 6.61 Å². The molecule has 0 N–H and O–H groups in total. The Bertz CT molecular complexity index is 596. The summed E-state index contributed by atoms with van der Waals surface area (Å²) in [4.78, 5) is 27.6. The van der Waals surface area contributed by atoms with Crippen LogP contribution in [0.2, 0.25) is 0 Å². The van der Waals surface area contributed by atoms with Crippen molar-refractivity contribution < 1.29 is 19.1 Å². The van der Waals surface area contributed by atoms with Gasteiger partial charge in [-0.05, 0) is 31.2 Å². The van der Waals surface area contributed by atoms with E-state index in [1.165, 1.54) is 6.08 Å². The third kappa shape index (κ3) is 6.88. The molecular formula is C18H23BrN2O4. The Morgan fingerprint density at radius 1 is 1.12 bits per heavy atom. The van der Waals surface area contributed by atoms with Crippen LogP contribution < -0.4 is 0 Å². The third-order valence-electron chi connectivity index (χ3n) is 3.84. The van der Waals surface area contributed by atoms with E-state index in [0.717, 1.165) is 30.7 Å². The standard InChI is InChI=1S/C18H23BrN2O4/c1-2-24-17(22)7-8-20-9-11-21(12-10-20)13-14-25-18(23)15-3-5-16(19)6-4-15/h3-8H,2,9-14H2,1H3/b8-7+. The Hall–Kier alpha value is -1.86. The van der Waals surface area contributed by atoms with E-state index >= 15 is 0 Å². The Morgan fingerprint density at radius 3 is 2.44 bits per heavy atom. The molecule has 1 heterocycles. The quantitative estimate of drug-likeness (QED) is 0.507. The van der Waals surface area contributed by atoms with Crippen molar-refractivity contribution in [3.05, 3.63) is 46.6 Å². The van der Waals surface area contributed by atoms with Gasteiger partial charge in [0.2, 0.25) is 0 Å². The van der Waals surface area contributed by atoms with Crippen molar-refractivity contribution in [1.82, 2.24) is 9.80 Å². The summed E-state index contributed by atoms with van der Waals surface area (Å²) in [5, 5.41) is 0. The van der Waals surface area contributed by atoms with Gasteiger partial charge in [-0.25, -0.2) is 9.59 Å². The fourth-order valence-corrected chi connectivity index (χ4v) is 2.69. The van der Waals surface area contributed by atoms with Crippen LogP contribution in [0.1, 0.15) is 17.3 Å². The largest absolute Gasteiger partial charge is 0.463 e. The summed E-state index contributed by atoms with van der Waals surface area (Å²) in [6.07, 6.45) is 3.24. The number of halogens is 1. The van der Waals surface area contributed by atoms with Crippen LogP contribution in [0.4, 0.5) is 0 Å². The normalized spacial score (nSPS) is 15.4. The highest BCUT2D eigenvalue weighted by Crippen LogP contribution is 2.11. The molecule has 0 aromatic heterocycles. The molecule has 1 saturated heterocycles. The minimum atomic E-state index is -0.315. The molecule has 25 heavy (non-hydrogen) atoms. The number of carbonyl (C=O) groups is 2. The van der Waals surface area contributed by atoms with Crippen molar-refractivity contribution in [1.29, 1.82) is 0 Å². The number of ether oxygens (including phenoxy) is 2. The summed E-state index contributed by atoms with van der Waals surface area (Å²) >= 11 is 3.34. The summed E-state index contributed by atoms with van der Waals surface area (Å²) < 4.78 is 11.1. The first-order valence-electron chi connectivity index (χ1n) is 8.32. The first-order chi connectivity index (χ1) is 12.1. The van der Waals surface area contributed by atoms with Crippen molar-refractivity contribution in [2.24, 2.45) is 0 Å². The Balaban J connectivity index is 1.64. The van der Waals surface area contributed by atoms with Gasteiger partial charge in [0.05, 0.1) is 12.2 Å². The minimum Gasteiger partial charge on any atom is -0.463 e. The van der Waals surface area contributed by atoms with Gasteiger partial charge in [0, 0.05) is 49.5 Å². The average Bonchev–Trinajstić information content (AvgIpc) is 2.62. The summed E-state index contributed by atoms with van der Waals surface area (Å²) in [7, 11) is 0. The first-order valence-corrected chi connectivity index (χ1v) is 9.12. The van der Waals surface area contributed by atoms with Crippen LogP contribution in [0.3, 0.4) is 0 Å². The van der Waals surface area contributed by atoms with Gasteiger partial charge in [-0.15, -0.1) is 0 Å². The van der Waals surface area contributed by atoms with Gasteiger partial charge < -0.3 is 14.4 Å². The molecule has 0 spiro atoms. The van der Waals surface area contributed by atoms with E-state index in [9.17, 15) is 9.59 Å². The number of nitrogens with zero attached hydrogens (tertiary/aromatic N) is 2. The van der Waals surface area contributed by atoms with E-state index in [1.54, 1.807) is 25.3 Å². The Labute approximate surface area is 156 Å². The molecule has 7 heteroatoms. The van der Waals surface area contributed by atoms with Crippen LogP contribution in [0.15, 0.2) is 41.0 Å². The van der Waals surface area contributed by atoms with Crippen molar-refractivity contribution in [2.75, 3.05) is 45.9 Å². The molecule has 1 aliphatic heterocycles. The highest BCUT2D eigenvalue weighted by atomic mass is 79.9. The number of benzene rings is 1. The summed E-state index contributed by atoms with van der Waals surface area (Å²) in [5.74, 6) is -0.617. The SMILES string of the molecule is CCOC(=O)/C=C/N1CCN(CCOC(=O)c2ccc(Br)cc2)CC1. The first kappa shape index (κ1) is 19.5. The van der Waals surface area contributed by atoms with Crippen molar-refractivity contribution in [3.63, 3.8) is 0 Å². The lowest BCUT2D eigenvalue weighted by Gasteiger charge is -2.33. The molecule has 0 amide bonds. The molecule has 0 aliphatic carbocycles. The number of rotatable bonds is 7. The molecule has 0 unspecified atom stereocenters. The van der Waals surface area contributed by atoms with Gasteiger partial charge in [-0.3, -0.25) is 4.90 Å². The van der Waals surface area contributed by atoms with Gasteiger partial charge in [-0.2, -0.15) is 0 Å². The van der Waals surface area contributed by atoms with Crippen molar-refractivity contribution >= 4 is 27.9 Å². The van der Waals surface area contributed by atoms with Crippen LogP contribution in [-0.4, -0.2) is 67.7 Å². The molecule has 1 aromatic carbocycles. The maximum atomic E-state index is 11.9. The molecule has 0 atom stereocenters. The highest BCUT2D eigenvalue weighted by molar-refractivity contribution is 9.10. The second-order valence-corrected chi connectivity index (χ2v) is 6.50. The van der Waals surface area contributed by atoms with E-state index in [0.29, 0.717) is 25.3 Å². The minimum absolute atomic E-state index is 0.302. The van der Waals surface area contributed by atoms with Crippen LogP contribution in [-0.2, 0) is 14.3 Å². The van der Waals surface area contributed by atoms with Crippen LogP contribution in [0, 0.1) is 0 Å². The van der Waals surface area contributed by atoms with Crippen LogP contribution in [0.25, 0.3) is 0 Å². The number of esters is 2. The van der Waals surface area contributed by atoms with Crippen molar-refractivity contribution in [3.8, 4) is 0 Å². The molecule has 136 valence electrons. The van der Waals surface area contributed by atoms with E-state index in [1.807, 2.05) is 12.1 Å². The number of carbonyl (C=O) groups excluding carboxylic acids is 2. The van der Waals surface area contributed by atoms with Gasteiger partial charge >= 0.3 is 11.9 Å². The maximum absolute atomic E-state index is 11.9. The smallest absolute Gasteiger partial charge is 0.338 e. The maximum Gasteiger partial charge on any atom is 0.338 e. The fraction of sp³-hybridized carbons (Fsp3) is 0.444. The lowest BCUT2D eigenvalue weighted by Crippen LogP contribution is -2.45. The second kappa shape index (κ2) is 10.2. The molecule has 0 bridgehead atoms. The molecule has 1 aromatic rings. The number of piperazine rings is 1. The van der Waals surface area contributed by atoms with E-state index in [2.05, 4.69) is 25.7 Å². The van der Waals surface area contributed by atoms with Gasteiger partial charge in [0.25, 0.3) is 0 Å². The van der Waals surface area contributed by atoms with Gasteiger partial charge in [0.15, 0.2) is 0 Å². The predicted molar refractivity (Wildman–Crippen MR) is 98.2 cm³/mol. The lowest BCUT2D eigenvalue weighted by atomic mass is 10.2. The molecule has 1 fully saturated rings. The summed E-state index contributed by atoms with van der Waals surface area (Å²) in [6, 6.07) is 7.11. The lowest BCUT2D eigenvalue weighted by molar-refractivity contribution is -0.137. The zero-order valence-electron chi connectivity index (χ0n) is 14.3. The molecule has 6 nitrogen and oxygen atoms in total. The van der Waals surface area contributed by atoms with Crippen molar-refractivity contribution in [2.45, 2.75) is 6.92 Å². The van der Waals surface area contributed by atoms with Crippen LogP contribution in [0.5, 0.6) is 0 Å². The third-order valence-corrected chi connectivity index (χ3v) is 4.36.